The van der Waals surface area contributed by atoms with Crippen molar-refractivity contribution >= 4 is 23.5 Å². The number of fused-ring (bicyclic) bond motifs is 1. The van der Waals surface area contributed by atoms with Crippen molar-refractivity contribution in [3.8, 4) is 0 Å². The zero-order chi connectivity index (χ0) is 18.7. The number of hydrogen-bond acceptors (Lipinski definition) is 6. The molecule has 0 unspecified atom stereocenters. The van der Waals surface area contributed by atoms with Crippen LogP contribution in [-0.4, -0.2) is 31.8 Å². The zero-order valence-corrected chi connectivity index (χ0v) is 15.3. The summed E-state index contributed by atoms with van der Waals surface area (Å²) in [7, 11) is 0. The second-order valence-corrected chi connectivity index (χ2v) is 6.42. The normalized spacial score (nSPS) is 11.0. The van der Waals surface area contributed by atoms with E-state index in [1.165, 1.54) is 11.1 Å². The average molecular weight is 354 g/mol. The van der Waals surface area contributed by atoms with E-state index in [1.807, 2.05) is 0 Å². The monoisotopic (exact) mass is 354 g/mol. The Labute approximate surface area is 151 Å². The second kappa shape index (κ2) is 7.38. The summed E-state index contributed by atoms with van der Waals surface area (Å²) in [6, 6.07) is 6.38. The third-order valence-corrected chi connectivity index (χ3v) is 3.63. The molecule has 0 bridgehead atoms. The Balaban J connectivity index is 1.78. The van der Waals surface area contributed by atoms with E-state index in [9.17, 15) is 4.79 Å². The predicted octanol–water partition coefficient (Wildman–Crippen LogP) is 3.31. The van der Waals surface area contributed by atoms with E-state index in [4.69, 9.17) is 4.74 Å². The third-order valence-electron chi connectivity index (χ3n) is 3.63. The molecular weight excluding hydrogens is 332 g/mol. The molecule has 8 nitrogen and oxygen atoms in total. The molecule has 1 aromatic carbocycles. The van der Waals surface area contributed by atoms with E-state index in [1.54, 1.807) is 30.6 Å². The van der Waals surface area contributed by atoms with E-state index in [0.29, 0.717) is 18.0 Å². The minimum absolute atomic E-state index is 0.217. The fourth-order valence-electron chi connectivity index (χ4n) is 2.73. The molecule has 1 amide bonds. The lowest BCUT2D eigenvalue weighted by molar-refractivity contribution is 0.129. The van der Waals surface area contributed by atoms with Gasteiger partial charge in [-0.25, -0.2) is 9.78 Å². The Kier molecular flexibility index (Phi) is 5.01. The van der Waals surface area contributed by atoms with Crippen LogP contribution in [-0.2, 0) is 11.3 Å². The van der Waals surface area contributed by atoms with Gasteiger partial charge < -0.3 is 10.1 Å². The van der Waals surface area contributed by atoms with Crippen LogP contribution in [0.1, 0.15) is 30.5 Å². The molecule has 0 aliphatic carbocycles. The zero-order valence-electron chi connectivity index (χ0n) is 15.3. The molecule has 2 heterocycles. The van der Waals surface area contributed by atoms with E-state index in [0.717, 1.165) is 5.56 Å². The Morgan fingerprint density at radius 3 is 2.62 bits per heavy atom. The topological polar surface area (TPSA) is 93.4 Å². The number of hydrogen-bond donors (Lipinski definition) is 2. The molecule has 2 aromatic heterocycles. The molecule has 8 heteroatoms. The van der Waals surface area contributed by atoms with Crippen LogP contribution < -0.4 is 10.6 Å². The van der Waals surface area contributed by atoms with E-state index in [-0.39, 0.29) is 12.1 Å². The van der Waals surface area contributed by atoms with Crippen molar-refractivity contribution in [2.24, 2.45) is 0 Å². The molecule has 3 rings (SSSR count). The summed E-state index contributed by atoms with van der Waals surface area (Å²) in [4.78, 5) is 16.1. The number of nitrogens with one attached hydrogen (secondary N) is 2. The Morgan fingerprint density at radius 2 is 1.92 bits per heavy atom. The number of carbonyl (C=O) groups is 1. The van der Waals surface area contributed by atoms with Crippen molar-refractivity contribution in [1.29, 1.82) is 0 Å². The van der Waals surface area contributed by atoms with Gasteiger partial charge in [-0.3, -0.25) is 9.72 Å². The van der Waals surface area contributed by atoms with Crippen LogP contribution in [0, 0.1) is 13.8 Å². The molecule has 0 saturated carbocycles. The predicted molar refractivity (Wildman–Crippen MR) is 99.3 cm³/mol. The maximum atomic E-state index is 11.8. The molecule has 0 saturated heterocycles. The molecule has 0 atom stereocenters. The average Bonchev–Trinajstić information content (AvgIpc) is 2.95. The number of aryl methyl sites for hydroxylation is 2. The van der Waals surface area contributed by atoms with Gasteiger partial charge in [-0.2, -0.15) is 0 Å². The maximum Gasteiger partial charge on any atom is 0.414 e. The Bertz CT molecular complexity index is 914. The first kappa shape index (κ1) is 17.7. The summed E-state index contributed by atoms with van der Waals surface area (Å²) < 4.78 is 6.72. The largest absolute Gasteiger partial charge is 0.447 e. The van der Waals surface area contributed by atoms with Crippen molar-refractivity contribution in [3.05, 3.63) is 47.3 Å². The first-order valence-electron chi connectivity index (χ1n) is 8.41. The first-order chi connectivity index (χ1) is 12.4. The van der Waals surface area contributed by atoms with Crippen LogP contribution in [0.5, 0.6) is 0 Å². The number of aromatic nitrogens is 4. The summed E-state index contributed by atoms with van der Waals surface area (Å²) >= 11 is 0. The summed E-state index contributed by atoms with van der Waals surface area (Å²) in [5, 5.41) is 14.0. The van der Waals surface area contributed by atoms with Crippen molar-refractivity contribution in [1.82, 2.24) is 19.6 Å². The molecular formula is C18H22N6O2. The quantitative estimate of drug-likeness (QED) is 0.730. The first-order valence-corrected chi connectivity index (χ1v) is 8.41. The van der Waals surface area contributed by atoms with Crippen molar-refractivity contribution in [2.75, 3.05) is 10.6 Å². The highest BCUT2D eigenvalue weighted by Crippen LogP contribution is 2.17. The second-order valence-electron chi connectivity index (χ2n) is 6.42. The van der Waals surface area contributed by atoms with Gasteiger partial charge in [0.25, 0.3) is 0 Å². The van der Waals surface area contributed by atoms with Crippen LogP contribution in [0.15, 0.2) is 30.6 Å². The molecule has 136 valence electrons. The number of ether oxygens (including phenoxy) is 1. The number of amides is 1. The van der Waals surface area contributed by atoms with E-state index in [2.05, 4.69) is 57.9 Å². The van der Waals surface area contributed by atoms with Crippen molar-refractivity contribution in [3.63, 3.8) is 0 Å². The smallest absolute Gasteiger partial charge is 0.414 e. The molecule has 3 aromatic rings. The molecule has 0 radical (unpaired) electrons. The Morgan fingerprint density at radius 1 is 1.19 bits per heavy atom. The van der Waals surface area contributed by atoms with Gasteiger partial charge in [0.2, 0.25) is 11.6 Å². The highest BCUT2D eigenvalue weighted by molar-refractivity contribution is 5.83. The van der Waals surface area contributed by atoms with Crippen LogP contribution >= 0.6 is 0 Å². The number of anilines is 2. The summed E-state index contributed by atoms with van der Waals surface area (Å²) in [5.41, 5.74) is 4.11. The molecule has 0 aliphatic rings. The molecule has 2 N–H and O–H groups in total. The standard InChI is InChI=1S/C18H22N6O2/c1-11(2)26-18(25)21-17-23-22-16-15(19-5-6-24(16)17)20-10-14-8-12(3)7-13(4)9-14/h5-9,11H,10H2,1-4H3,(H,19,20)(H,21,23,25). The van der Waals surface area contributed by atoms with Gasteiger partial charge in [0.1, 0.15) is 0 Å². The van der Waals surface area contributed by atoms with Crippen LogP contribution in [0.25, 0.3) is 5.65 Å². The summed E-state index contributed by atoms with van der Waals surface area (Å²) in [6.45, 7) is 8.31. The lowest BCUT2D eigenvalue weighted by Crippen LogP contribution is -2.19. The molecule has 0 aliphatic heterocycles. The highest BCUT2D eigenvalue weighted by atomic mass is 16.6. The van der Waals surface area contributed by atoms with Crippen LogP contribution in [0.4, 0.5) is 16.6 Å². The molecule has 0 spiro atoms. The minimum atomic E-state index is -0.573. The lowest BCUT2D eigenvalue weighted by Gasteiger charge is -2.09. The van der Waals surface area contributed by atoms with Gasteiger partial charge in [-0.1, -0.05) is 29.3 Å². The number of nitrogens with zero attached hydrogens (tertiary/aromatic N) is 4. The summed E-state index contributed by atoms with van der Waals surface area (Å²) in [5.74, 6) is 0.868. The highest BCUT2D eigenvalue weighted by Gasteiger charge is 2.14. The number of carbonyl (C=O) groups excluding carboxylic acids is 1. The van der Waals surface area contributed by atoms with E-state index >= 15 is 0 Å². The van der Waals surface area contributed by atoms with Gasteiger partial charge in [-0.15, -0.1) is 10.2 Å². The van der Waals surface area contributed by atoms with Gasteiger partial charge in [-0.05, 0) is 33.3 Å². The van der Waals surface area contributed by atoms with Gasteiger partial charge in [0, 0.05) is 18.9 Å². The lowest BCUT2D eigenvalue weighted by atomic mass is 10.1. The van der Waals surface area contributed by atoms with Gasteiger partial charge >= 0.3 is 6.09 Å². The Hall–Kier alpha value is -3.16. The fraction of sp³-hybridized carbons (Fsp3) is 0.333. The fourth-order valence-corrected chi connectivity index (χ4v) is 2.73. The number of benzene rings is 1. The number of rotatable bonds is 5. The maximum absolute atomic E-state index is 11.8. The van der Waals surface area contributed by atoms with Crippen LogP contribution in [0.3, 0.4) is 0 Å². The van der Waals surface area contributed by atoms with E-state index < -0.39 is 6.09 Å². The van der Waals surface area contributed by atoms with Gasteiger partial charge in [0.15, 0.2) is 5.82 Å². The van der Waals surface area contributed by atoms with Gasteiger partial charge in [0.05, 0.1) is 6.10 Å². The molecule has 26 heavy (non-hydrogen) atoms. The molecule has 0 fully saturated rings. The van der Waals surface area contributed by atoms with Crippen molar-refractivity contribution in [2.45, 2.75) is 40.3 Å². The van der Waals surface area contributed by atoms with Crippen LogP contribution in [0.2, 0.25) is 0 Å². The SMILES string of the molecule is Cc1cc(C)cc(CNc2nccn3c(NC(=O)OC(C)C)nnc23)c1. The minimum Gasteiger partial charge on any atom is -0.447 e. The van der Waals surface area contributed by atoms with Crippen molar-refractivity contribution < 1.29 is 9.53 Å². The summed E-state index contributed by atoms with van der Waals surface area (Å²) in [6.07, 6.45) is 2.52. The third kappa shape index (κ3) is 4.08.